The van der Waals surface area contributed by atoms with Gasteiger partial charge < -0.3 is 39.1 Å². The number of para-hydroxylation sites is 6. The van der Waals surface area contributed by atoms with Crippen LogP contribution in [0.5, 0.6) is 11.5 Å². The summed E-state index contributed by atoms with van der Waals surface area (Å²) in [6.07, 6.45) is 0. The smallest absolute Gasteiger partial charge is 0.514 e. The molecule has 0 saturated carbocycles. The number of aromatic hydroxyl groups is 2. The predicted octanol–water partition coefficient (Wildman–Crippen LogP) is 9.98. The molecule has 10 rings (SSSR count). The number of phenols is 2. The van der Waals surface area contributed by atoms with Crippen LogP contribution in [0.25, 0.3) is 43.9 Å². The minimum Gasteiger partial charge on any atom is -0.514 e. The summed E-state index contributed by atoms with van der Waals surface area (Å²) in [5.74, 6) is 0.524. The van der Waals surface area contributed by atoms with Gasteiger partial charge in [0.15, 0.2) is 0 Å². The molecule has 3 N–H and O–H groups in total. The normalized spacial score (nSPS) is 13.4. The number of benzene rings is 6. The molecule has 8 aromatic rings. The molecule has 2 aliphatic rings. The van der Waals surface area contributed by atoms with Crippen molar-refractivity contribution in [2.45, 2.75) is 6.92 Å². The number of hydrogen-bond donors (Lipinski definition) is 3. The van der Waals surface area contributed by atoms with Gasteiger partial charge in [-0.25, -0.2) is 0 Å². The van der Waals surface area contributed by atoms with Gasteiger partial charge in [0.25, 0.3) is 0 Å². The Bertz CT molecular complexity index is 2510. The molecule has 2 aromatic heterocycles. The number of nitrogens with zero attached hydrogens (tertiary/aromatic N) is 3. The van der Waals surface area contributed by atoms with Crippen LogP contribution in [0, 0.1) is 20.3 Å². The molecule has 244 valence electrons. The van der Waals surface area contributed by atoms with Gasteiger partial charge in [0.05, 0.1) is 5.69 Å². The predicted molar refractivity (Wildman–Crippen MR) is 193 cm³/mol. The van der Waals surface area contributed by atoms with E-state index in [2.05, 4.69) is 39.4 Å². The Hall–Kier alpha value is -5.59. The number of anilines is 5. The summed E-state index contributed by atoms with van der Waals surface area (Å²) in [4.78, 5) is 6.37. The summed E-state index contributed by atoms with van der Waals surface area (Å²) in [5, 5.41) is 27.9. The Kier molecular flexibility index (Phi) is 7.61. The van der Waals surface area contributed by atoms with Crippen molar-refractivity contribution in [2.75, 3.05) is 26.7 Å². The first-order valence-electron chi connectivity index (χ1n) is 15.7. The van der Waals surface area contributed by atoms with E-state index in [0.29, 0.717) is 18.1 Å². The molecule has 0 aliphatic carbocycles. The average Bonchev–Trinajstić information content (AvgIpc) is 3.87. The van der Waals surface area contributed by atoms with Crippen LogP contribution in [-0.4, -0.2) is 16.9 Å². The number of nitrogens with one attached hydrogen (secondary N) is 1. The zero-order chi connectivity index (χ0) is 32.4. The second kappa shape index (κ2) is 12.1. The van der Waals surface area contributed by atoms with Crippen LogP contribution >= 0.6 is 0 Å². The Morgan fingerprint density at radius 1 is 0.571 bits per heavy atom. The van der Waals surface area contributed by atoms with E-state index in [9.17, 15) is 10.2 Å². The van der Waals surface area contributed by atoms with Crippen LogP contribution in [0.1, 0.15) is 5.56 Å². The SMILES string of the molecule is Cc1cc2oc3ccccc3c2cc1O.Oc1cc2c(cc1N1[CH-]N(CN3[CH-]Nc4ccccc43)c3ccccc31)oc1ccccc12.[Pt+2]. The third-order valence-electron chi connectivity index (χ3n) is 9.03. The molecule has 0 bridgehead atoms. The topological polar surface area (TPSA) is 88.5 Å². The van der Waals surface area contributed by atoms with Gasteiger partial charge in [-0.2, -0.15) is 6.67 Å². The number of hydrogen-bond acceptors (Lipinski definition) is 8. The van der Waals surface area contributed by atoms with Gasteiger partial charge >= 0.3 is 21.1 Å². The Balaban J connectivity index is 0.000000183. The van der Waals surface area contributed by atoms with Gasteiger partial charge in [-0.3, -0.25) is 0 Å². The van der Waals surface area contributed by atoms with Gasteiger partial charge in [0, 0.05) is 57.0 Å². The molecule has 8 nitrogen and oxygen atoms in total. The van der Waals surface area contributed by atoms with Crippen molar-refractivity contribution in [2.24, 2.45) is 0 Å². The number of rotatable bonds is 3. The van der Waals surface area contributed by atoms with Gasteiger partial charge in [0.1, 0.15) is 33.8 Å². The van der Waals surface area contributed by atoms with E-state index in [0.717, 1.165) is 72.2 Å². The van der Waals surface area contributed by atoms with E-state index in [1.54, 1.807) is 12.1 Å². The van der Waals surface area contributed by atoms with Gasteiger partial charge in [-0.1, -0.05) is 60.7 Å². The third kappa shape index (κ3) is 5.20. The van der Waals surface area contributed by atoms with E-state index >= 15 is 0 Å². The first kappa shape index (κ1) is 30.7. The molecule has 4 heterocycles. The van der Waals surface area contributed by atoms with E-state index in [1.807, 2.05) is 110 Å². The van der Waals surface area contributed by atoms with E-state index in [1.165, 1.54) is 0 Å². The summed E-state index contributed by atoms with van der Waals surface area (Å²) >= 11 is 0. The summed E-state index contributed by atoms with van der Waals surface area (Å²) < 4.78 is 11.8. The maximum Gasteiger partial charge on any atom is 2.00 e. The summed E-state index contributed by atoms with van der Waals surface area (Å²) in [5.41, 5.74) is 9.06. The molecule has 6 aromatic carbocycles. The Labute approximate surface area is 296 Å². The van der Waals surface area contributed by atoms with Crippen LogP contribution in [-0.2, 0) is 21.1 Å². The number of fused-ring (bicyclic) bond motifs is 8. The molecule has 0 amide bonds. The molecule has 49 heavy (non-hydrogen) atoms. The molecule has 0 unspecified atom stereocenters. The second-order valence-electron chi connectivity index (χ2n) is 12.0. The number of phenolic OH excluding ortho intramolecular Hbond substituents is 2. The van der Waals surface area contributed by atoms with Crippen molar-refractivity contribution in [1.82, 2.24) is 0 Å². The second-order valence-corrected chi connectivity index (χ2v) is 12.0. The standard InChI is InChI=1S/C27H20N4O2.C13H10O2.Pt/c32-25-13-19-18-7-1-6-12-26(18)33-27(19)14-24(25)31-17-30(22-10-4-5-11-23(22)31)16-29-15-28-20-8-2-3-9-21(20)29;1-8-6-13-10(7-11(8)14)9-4-2-3-5-12(9)15-13;/h1-15,17,28,32H,16H2;2-7,14H,1H3;/q-2;;+2. The van der Waals surface area contributed by atoms with Crippen LogP contribution in [0.3, 0.4) is 0 Å². The average molecular weight is 826 g/mol. The molecule has 0 atom stereocenters. The Morgan fingerprint density at radius 3 is 1.86 bits per heavy atom. The first-order chi connectivity index (χ1) is 23.5. The van der Waals surface area contributed by atoms with Crippen molar-refractivity contribution in [3.05, 3.63) is 140 Å². The van der Waals surface area contributed by atoms with Gasteiger partial charge in [-0.15, -0.1) is 6.67 Å². The summed E-state index contributed by atoms with van der Waals surface area (Å²) in [6, 6.07) is 39.5. The fraction of sp³-hybridized carbons (Fsp3) is 0.0500. The molecule has 0 fully saturated rings. The molecule has 0 spiro atoms. The van der Waals surface area contributed by atoms with Crippen LogP contribution in [0.2, 0.25) is 0 Å². The maximum absolute atomic E-state index is 11.0. The molecule has 0 radical (unpaired) electrons. The minimum absolute atomic E-state index is 0. The summed E-state index contributed by atoms with van der Waals surface area (Å²) in [7, 11) is 0. The quantitative estimate of drug-likeness (QED) is 0.152. The van der Waals surface area contributed by atoms with E-state index in [4.69, 9.17) is 8.83 Å². The van der Waals surface area contributed by atoms with Crippen molar-refractivity contribution < 1.29 is 40.1 Å². The largest absolute Gasteiger partial charge is 2.00 e. The summed E-state index contributed by atoms with van der Waals surface area (Å²) in [6.45, 7) is 6.51. The molecule has 9 heteroatoms. The fourth-order valence-corrected chi connectivity index (χ4v) is 6.63. The molecule has 2 aliphatic heterocycles. The zero-order valence-corrected chi connectivity index (χ0v) is 28.5. The van der Waals surface area contributed by atoms with E-state index in [-0.39, 0.29) is 26.8 Å². The van der Waals surface area contributed by atoms with Crippen LogP contribution in [0.15, 0.2) is 130 Å². The Morgan fingerprint density at radius 2 is 1.14 bits per heavy atom. The molecule has 0 saturated heterocycles. The first-order valence-corrected chi connectivity index (χ1v) is 15.7. The molecular weight excluding hydrogens is 796 g/mol. The van der Waals surface area contributed by atoms with Crippen molar-refractivity contribution in [3.8, 4) is 11.5 Å². The monoisotopic (exact) mass is 825 g/mol. The fourth-order valence-electron chi connectivity index (χ4n) is 6.63. The van der Waals surface area contributed by atoms with Gasteiger partial charge in [0.2, 0.25) is 0 Å². The minimum atomic E-state index is 0. The van der Waals surface area contributed by atoms with Crippen LogP contribution in [0.4, 0.5) is 28.4 Å². The molecular formula is C40H30N4O4Pt. The van der Waals surface area contributed by atoms with Crippen LogP contribution < -0.4 is 20.0 Å². The number of furan rings is 2. The van der Waals surface area contributed by atoms with E-state index < -0.39 is 0 Å². The van der Waals surface area contributed by atoms with Gasteiger partial charge in [-0.05, 0) is 67.1 Å². The zero-order valence-electron chi connectivity index (χ0n) is 26.3. The van der Waals surface area contributed by atoms with Crippen molar-refractivity contribution in [3.63, 3.8) is 0 Å². The number of aryl methyl sites for hydroxylation is 1. The maximum atomic E-state index is 11.0. The third-order valence-corrected chi connectivity index (χ3v) is 9.03. The van der Waals surface area contributed by atoms with Crippen molar-refractivity contribution >= 4 is 72.3 Å². The van der Waals surface area contributed by atoms with Crippen molar-refractivity contribution in [1.29, 1.82) is 0 Å².